The number of rotatable bonds is 3. The Balaban J connectivity index is 2.27. The van der Waals surface area contributed by atoms with E-state index in [1.54, 1.807) is 14.0 Å². The smallest absolute Gasteiger partial charge is 0.329 e. The molecule has 0 saturated heterocycles. The van der Waals surface area contributed by atoms with Crippen LogP contribution in [0, 0.1) is 6.92 Å². The summed E-state index contributed by atoms with van der Waals surface area (Å²) in [6.07, 6.45) is 6.55. The Labute approximate surface area is 117 Å². The van der Waals surface area contributed by atoms with Gasteiger partial charge in [0.05, 0.1) is 11.9 Å². The summed E-state index contributed by atoms with van der Waals surface area (Å²) in [5, 5.41) is 9.57. The first kappa shape index (κ1) is 14.4. The standard InChI is InChI=1S/C14H19N3O3/c1-10-8-16-11(9-15-10)12(18)17(2)14(13(19)20)6-4-3-5-7-14/h8-9H,3-7H2,1-2H3,(H,19,20). The molecule has 0 atom stereocenters. The van der Waals surface area contributed by atoms with Crippen LogP contribution in [0.1, 0.15) is 48.3 Å². The maximum absolute atomic E-state index is 12.4. The molecule has 1 aliphatic rings. The lowest BCUT2D eigenvalue weighted by atomic mass is 9.80. The minimum Gasteiger partial charge on any atom is -0.479 e. The van der Waals surface area contributed by atoms with E-state index in [0.29, 0.717) is 12.8 Å². The molecule has 108 valence electrons. The largest absolute Gasteiger partial charge is 0.479 e. The number of aryl methyl sites for hydroxylation is 1. The van der Waals surface area contributed by atoms with Gasteiger partial charge >= 0.3 is 5.97 Å². The highest BCUT2D eigenvalue weighted by Crippen LogP contribution is 2.33. The molecule has 1 amide bonds. The number of carbonyl (C=O) groups is 2. The van der Waals surface area contributed by atoms with Gasteiger partial charge in [-0.3, -0.25) is 9.78 Å². The SMILES string of the molecule is Cc1cnc(C(=O)N(C)C2(C(=O)O)CCCCC2)cn1. The second-order valence-corrected chi connectivity index (χ2v) is 5.30. The van der Waals surface area contributed by atoms with Crippen molar-refractivity contribution in [2.45, 2.75) is 44.6 Å². The molecule has 0 spiro atoms. The molecule has 1 N–H and O–H groups in total. The first-order chi connectivity index (χ1) is 9.47. The van der Waals surface area contributed by atoms with Crippen molar-refractivity contribution in [3.05, 3.63) is 23.8 Å². The third kappa shape index (κ3) is 2.50. The Morgan fingerprint density at radius 2 is 1.85 bits per heavy atom. The van der Waals surface area contributed by atoms with Crippen LogP contribution in [0.5, 0.6) is 0 Å². The maximum atomic E-state index is 12.4. The van der Waals surface area contributed by atoms with Crippen molar-refractivity contribution in [3.8, 4) is 0 Å². The molecule has 1 fully saturated rings. The maximum Gasteiger partial charge on any atom is 0.329 e. The summed E-state index contributed by atoms with van der Waals surface area (Å²) in [5.41, 5.74) is -0.207. The van der Waals surface area contributed by atoms with Crippen molar-refractivity contribution in [2.24, 2.45) is 0 Å². The van der Waals surface area contributed by atoms with E-state index in [9.17, 15) is 14.7 Å². The first-order valence-corrected chi connectivity index (χ1v) is 6.77. The molecule has 1 saturated carbocycles. The van der Waals surface area contributed by atoms with Gasteiger partial charge in [-0.2, -0.15) is 0 Å². The Morgan fingerprint density at radius 3 is 2.35 bits per heavy atom. The fourth-order valence-corrected chi connectivity index (χ4v) is 2.70. The highest BCUT2D eigenvalue weighted by Gasteiger charge is 2.45. The van der Waals surface area contributed by atoms with E-state index >= 15 is 0 Å². The monoisotopic (exact) mass is 277 g/mol. The summed E-state index contributed by atoms with van der Waals surface area (Å²) in [6.45, 7) is 1.78. The Hall–Kier alpha value is -1.98. The van der Waals surface area contributed by atoms with E-state index in [1.165, 1.54) is 17.3 Å². The average Bonchev–Trinajstić information content (AvgIpc) is 2.47. The molecule has 20 heavy (non-hydrogen) atoms. The summed E-state index contributed by atoms with van der Waals surface area (Å²) < 4.78 is 0. The number of hydrogen-bond acceptors (Lipinski definition) is 4. The number of hydrogen-bond donors (Lipinski definition) is 1. The minimum absolute atomic E-state index is 0.185. The van der Waals surface area contributed by atoms with E-state index in [4.69, 9.17) is 0 Å². The first-order valence-electron chi connectivity index (χ1n) is 6.77. The zero-order valence-corrected chi connectivity index (χ0v) is 11.8. The lowest BCUT2D eigenvalue weighted by Crippen LogP contribution is -2.56. The molecule has 1 aromatic heterocycles. The van der Waals surface area contributed by atoms with Crippen molar-refractivity contribution < 1.29 is 14.7 Å². The van der Waals surface area contributed by atoms with Crippen LogP contribution in [-0.2, 0) is 4.79 Å². The number of carbonyl (C=O) groups excluding carboxylic acids is 1. The number of nitrogens with zero attached hydrogens (tertiary/aromatic N) is 3. The van der Waals surface area contributed by atoms with Crippen molar-refractivity contribution >= 4 is 11.9 Å². The van der Waals surface area contributed by atoms with Crippen LogP contribution >= 0.6 is 0 Å². The molecular weight excluding hydrogens is 258 g/mol. The van der Waals surface area contributed by atoms with Gasteiger partial charge in [0.25, 0.3) is 5.91 Å². The van der Waals surface area contributed by atoms with Gasteiger partial charge in [-0.25, -0.2) is 9.78 Å². The van der Waals surface area contributed by atoms with E-state index in [2.05, 4.69) is 9.97 Å². The topological polar surface area (TPSA) is 83.4 Å². The van der Waals surface area contributed by atoms with E-state index in [-0.39, 0.29) is 11.6 Å². The number of likely N-dealkylation sites (N-methyl/N-ethyl adjacent to an activating group) is 1. The molecule has 0 radical (unpaired) electrons. The molecule has 0 bridgehead atoms. The summed E-state index contributed by atoms with van der Waals surface area (Å²) in [4.78, 5) is 33.5. The molecule has 2 rings (SSSR count). The summed E-state index contributed by atoms with van der Waals surface area (Å²) in [6, 6.07) is 0. The van der Waals surface area contributed by atoms with Crippen LogP contribution in [0.15, 0.2) is 12.4 Å². The molecule has 0 unspecified atom stereocenters. The van der Waals surface area contributed by atoms with Gasteiger partial charge in [0.15, 0.2) is 0 Å². The second kappa shape index (κ2) is 5.56. The quantitative estimate of drug-likeness (QED) is 0.908. The van der Waals surface area contributed by atoms with Crippen LogP contribution in [0.25, 0.3) is 0 Å². The van der Waals surface area contributed by atoms with E-state index in [1.807, 2.05) is 0 Å². The third-order valence-electron chi connectivity index (χ3n) is 4.03. The van der Waals surface area contributed by atoms with Crippen LogP contribution in [0.2, 0.25) is 0 Å². The Kier molecular flexibility index (Phi) is 4.01. The second-order valence-electron chi connectivity index (χ2n) is 5.30. The van der Waals surface area contributed by atoms with E-state index < -0.39 is 11.5 Å². The molecular formula is C14H19N3O3. The lowest BCUT2D eigenvalue weighted by molar-refractivity contribution is -0.151. The number of aromatic nitrogens is 2. The third-order valence-corrected chi connectivity index (χ3v) is 4.03. The van der Waals surface area contributed by atoms with Gasteiger partial charge in [-0.15, -0.1) is 0 Å². The van der Waals surface area contributed by atoms with Crippen LogP contribution in [0.4, 0.5) is 0 Å². The normalized spacial score (nSPS) is 17.5. The number of carboxylic acids is 1. The van der Waals surface area contributed by atoms with Crippen molar-refractivity contribution in [1.82, 2.24) is 14.9 Å². The molecule has 6 heteroatoms. The fourth-order valence-electron chi connectivity index (χ4n) is 2.70. The average molecular weight is 277 g/mol. The zero-order chi connectivity index (χ0) is 14.8. The molecule has 1 aliphatic carbocycles. The zero-order valence-electron chi connectivity index (χ0n) is 11.8. The predicted octanol–water partition coefficient (Wildman–Crippen LogP) is 1.64. The fraction of sp³-hybridized carbons (Fsp3) is 0.571. The van der Waals surface area contributed by atoms with Gasteiger partial charge in [-0.1, -0.05) is 19.3 Å². The Morgan fingerprint density at radius 1 is 1.20 bits per heavy atom. The highest BCUT2D eigenvalue weighted by molar-refractivity contribution is 5.96. The highest BCUT2D eigenvalue weighted by atomic mass is 16.4. The molecule has 6 nitrogen and oxygen atoms in total. The van der Waals surface area contributed by atoms with Crippen molar-refractivity contribution in [3.63, 3.8) is 0 Å². The molecule has 0 aliphatic heterocycles. The predicted molar refractivity (Wildman–Crippen MR) is 72.3 cm³/mol. The van der Waals surface area contributed by atoms with Crippen LogP contribution in [0.3, 0.4) is 0 Å². The van der Waals surface area contributed by atoms with Gasteiger partial charge in [0.1, 0.15) is 11.2 Å². The van der Waals surface area contributed by atoms with Gasteiger partial charge in [0.2, 0.25) is 0 Å². The van der Waals surface area contributed by atoms with Crippen molar-refractivity contribution in [2.75, 3.05) is 7.05 Å². The van der Waals surface area contributed by atoms with Crippen molar-refractivity contribution in [1.29, 1.82) is 0 Å². The summed E-state index contributed by atoms with van der Waals surface area (Å²) in [5.74, 6) is -1.32. The van der Waals surface area contributed by atoms with Crippen LogP contribution < -0.4 is 0 Å². The van der Waals surface area contributed by atoms with Gasteiger partial charge in [0, 0.05) is 13.2 Å². The molecule has 1 heterocycles. The van der Waals surface area contributed by atoms with Crippen LogP contribution in [-0.4, -0.2) is 44.4 Å². The molecule has 0 aromatic carbocycles. The summed E-state index contributed by atoms with van der Waals surface area (Å²) >= 11 is 0. The number of carboxylic acid groups (broad SMARTS) is 1. The number of amides is 1. The van der Waals surface area contributed by atoms with Gasteiger partial charge in [-0.05, 0) is 19.8 Å². The summed E-state index contributed by atoms with van der Waals surface area (Å²) in [7, 11) is 1.54. The Bertz CT molecular complexity index is 507. The molecule has 1 aromatic rings. The lowest BCUT2D eigenvalue weighted by Gasteiger charge is -2.40. The van der Waals surface area contributed by atoms with E-state index in [0.717, 1.165) is 25.0 Å². The number of aliphatic carboxylic acids is 1. The minimum atomic E-state index is -1.11. The van der Waals surface area contributed by atoms with Gasteiger partial charge < -0.3 is 10.0 Å².